The first-order chi connectivity index (χ1) is 10.2. The van der Waals surface area contributed by atoms with Gasteiger partial charge in [-0.3, -0.25) is 9.69 Å². The van der Waals surface area contributed by atoms with Gasteiger partial charge in [0.1, 0.15) is 5.38 Å². The summed E-state index contributed by atoms with van der Waals surface area (Å²) in [6, 6.07) is 18.3. The fourth-order valence-corrected chi connectivity index (χ4v) is 4.26. The average molecular weight is 298 g/mol. The van der Waals surface area contributed by atoms with Crippen LogP contribution in [0, 0.1) is 0 Å². The third-order valence-electron chi connectivity index (χ3n) is 4.76. The minimum absolute atomic E-state index is 0.0135. The van der Waals surface area contributed by atoms with Gasteiger partial charge in [0.2, 0.25) is 5.91 Å². The number of benzene rings is 2. The highest BCUT2D eigenvalue weighted by molar-refractivity contribution is 6.38. The Balaban J connectivity index is 1.89. The highest BCUT2D eigenvalue weighted by Gasteiger charge is 2.61. The number of carbonyl (C=O) groups excluding carboxylic acids is 1. The number of nitrogens with zero attached hydrogens (tertiary/aromatic N) is 1. The first kappa shape index (κ1) is 12.9. The minimum atomic E-state index is -0.459. The lowest BCUT2D eigenvalue weighted by molar-refractivity contribution is -0.127. The number of fused-ring (bicyclic) bond motifs is 2. The van der Waals surface area contributed by atoms with Crippen molar-refractivity contribution in [3.63, 3.8) is 0 Å². The van der Waals surface area contributed by atoms with Gasteiger partial charge in [-0.05, 0) is 42.5 Å². The first-order valence-corrected chi connectivity index (χ1v) is 7.80. The maximum atomic E-state index is 12.4. The molecule has 0 aromatic heterocycles. The molecule has 0 radical (unpaired) electrons. The van der Waals surface area contributed by atoms with Crippen molar-refractivity contribution in [2.45, 2.75) is 30.2 Å². The monoisotopic (exact) mass is 297 g/mol. The molecule has 2 nitrogen and oxygen atoms in total. The molecule has 1 amide bonds. The van der Waals surface area contributed by atoms with Crippen molar-refractivity contribution in [1.29, 1.82) is 0 Å². The number of aryl methyl sites for hydroxylation is 1. The molecule has 2 aliphatic rings. The van der Waals surface area contributed by atoms with Crippen molar-refractivity contribution in [1.82, 2.24) is 0 Å². The van der Waals surface area contributed by atoms with Crippen LogP contribution in [0.5, 0.6) is 0 Å². The van der Waals surface area contributed by atoms with Crippen LogP contribution in [0.15, 0.2) is 54.6 Å². The van der Waals surface area contributed by atoms with Crippen molar-refractivity contribution in [3.8, 4) is 0 Å². The van der Waals surface area contributed by atoms with E-state index in [0.717, 1.165) is 24.9 Å². The van der Waals surface area contributed by atoms with Crippen LogP contribution in [-0.2, 0) is 16.8 Å². The van der Waals surface area contributed by atoms with Gasteiger partial charge >= 0.3 is 0 Å². The van der Waals surface area contributed by atoms with E-state index in [1.807, 2.05) is 41.3 Å². The normalized spacial score (nSPS) is 27.4. The second-order valence-corrected chi connectivity index (χ2v) is 6.24. The first-order valence-electron chi connectivity index (χ1n) is 7.37. The number of amides is 1. The van der Waals surface area contributed by atoms with Gasteiger partial charge in [-0.15, -0.1) is 11.6 Å². The molecule has 2 aromatic rings. The lowest BCUT2D eigenvalue weighted by atomic mass is 9.68. The molecule has 0 bridgehead atoms. The van der Waals surface area contributed by atoms with E-state index in [-0.39, 0.29) is 11.4 Å². The maximum Gasteiger partial charge on any atom is 0.248 e. The molecule has 1 saturated heterocycles. The largest absolute Gasteiger partial charge is 0.299 e. The van der Waals surface area contributed by atoms with Crippen molar-refractivity contribution in [2.75, 3.05) is 4.90 Å². The molecule has 1 spiro atoms. The number of hydrogen-bond acceptors (Lipinski definition) is 1. The van der Waals surface area contributed by atoms with E-state index in [4.69, 9.17) is 11.6 Å². The summed E-state index contributed by atoms with van der Waals surface area (Å²) in [5, 5.41) is -0.459. The second kappa shape index (κ2) is 4.60. The Kier molecular flexibility index (Phi) is 2.83. The lowest BCUT2D eigenvalue weighted by Gasteiger charge is -2.57. The van der Waals surface area contributed by atoms with Crippen molar-refractivity contribution in [2.24, 2.45) is 0 Å². The van der Waals surface area contributed by atoms with E-state index < -0.39 is 5.38 Å². The SMILES string of the molecule is O=C1C(Cl)C2(CCCc3ccccc32)N1c1ccccc1. The van der Waals surface area contributed by atoms with Crippen LogP contribution in [-0.4, -0.2) is 11.3 Å². The Morgan fingerprint density at radius 3 is 2.57 bits per heavy atom. The molecule has 2 unspecified atom stereocenters. The smallest absolute Gasteiger partial charge is 0.248 e. The van der Waals surface area contributed by atoms with E-state index in [1.54, 1.807) is 0 Å². The molecule has 1 heterocycles. The van der Waals surface area contributed by atoms with Gasteiger partial charge in [0.15, 0.2) is 0 Å². The fraction of sp³-hybridized carbons (Fsp3) is 0.278. The Morgan fingerprint density at radius 2 is 1.76 bits per heavy atom. The van der Waals surface area contributed by atoms with Crippen molar-refractivity contribution >= 4 is 23.2 Å². The summed E-state index contributed by atoms with van der Waals surface area (Å²) in [4.78, 5) is 14.3. The zero-order chi connectivity index (χ0) is 14.4. The number of β-lactam (4-membered cyclic amide) rings is 1. The third-order valence-corrected chi connectivity index (χ3v) is 5.31. The number of alkyl halides is 1. The van der Waals surface area contributed by atoms with Gasteiger partial charge in [-0.2, -0.15) is 0 Å². The number of rotatable bonds is 1. The van der Waals surface area contributed by atoms with E-state index in [2.05, 4.69) is 18.2 Å². The summed E-state index contributed by atoms with van der Waals surface area (Å²) < 4.78 is 0. The molecule has 2 atom stereocenters. The van der Waals surface area contributed by atoms with Gasteiger partial charge in [-0.1, -0.05) is 42.5 Å². The molecule has 1 aliphatic heterocycles. The van der Waals surface area contributed by atoms with Crippen LogP contribution in [0.1, 0.15) is 24.0 Å². The Bertz CT molecular complexity index is 699. The molecule has 4 rings (SSSR count). The Morgan fingerprint density at radius 1 is 1.05 bits per heavy atom. The van der Waals surface area contributed by atoms with Crippen LogP contribution in [0.25, 0.3) is 0 Å². The van der Waals surface area contributed by atoms with Gasteiger partial charge in [0, 0.05) is 5.69 Å². The van der Waals surface area contributed by atoms with Gasteiger partial charge < -0.3 is 0 Å². The molecule has 1 aliphatic carbocycles. The molecular weight excluding hydrogens is 282 g/mol. The highest BCUT2D eigenvalue weighted by Crippen LogP contribution is 2.53. The quantitative estimate of drug-likeness (QED) is 0.578. The number of carbonyl (C=O) groups is 1. The van der Waals surface area contributed by atoms with Crippen LogP contribution in [0.3, 0.4) is 0 Å². The summed E-state index contributed by atoms with van der Waals surface area (Å²) in [7, 11) is 0. The predicted molar refractivity (Wildman–Crippen MR) is 84.6 cm³/mol. The summed E-state index contributed by atoms with van der Waals surface area (Å²) >= 11 is 6.52. The Hall–Kier alpha value is -1.80. The number of anilines is 1. The zero-order valence-corrected chi connectivity index (χ0v) is 12.4. The van der Waals surface area contributed by atoms with Gasteiger partial charge in [-0.25, -0.2) is 0 Å². The lowest BCUT2D eigenvalue weighted by Crippen LogP contribution is -2.71. The Labute approximate surface area is 129 Å². The van der Waals surface area contributed by atoms with Crippen LogP contribution < -0.4 is 4.90 Å². The zero-order valence-electron chi connectivity index (χ0n) is 11.6. The molecule has 106 valence electrons. The van der Waals surface area contributed by atoms with E-state index >= 15 is 0 Å². The van der Waals surface area contributed by atoms with Crippen LogP contribution >= 0.6 is 11.6 Å². The fourth-order valence-electron chi connectivity index (χ4n) is 3.84. The van der Waals surface area contributed by atoms with Gasteiger partial charge in [0.05, 0.1) is 5.54 Å². The number of hydrogen-bond donors (Lipinski definition) is 0. The van der Waals surface area contributed by atoms with E-state index in [9.17, 15) is 4.79 Å². The predicted octanol–water partition coefficient (Wildman–Crippen LogP) is 3.87. The van der Waals surface area contributed by atoms with Crippen LogP contribution in [0.2, 0.25) is 0 Å². The molecule has 3 heteroatoms. The second-order valence-electron chi connectivity index (χ2n) is 5.81. The molecule has 2 aromatic carbocycles. The van der Waals surface area contributed by atoms with E-state index in [0.29, 0.717) is 0 Å². The molecule has 21 heavy (non-hydrogen) atoms. The summed E-state index contributed by atoms with van der Waals surface area (Å²) in [5.74, 6) is 0.0135. The maximum absolute atomic E-state index is 12.4. The summed E-state index contributed by atoms with van der Waals surface area (Å²) in [6.07, 6.45) is 3.06. The molecule has 0 saturated carbocycles. The minimum Gasteiger partial charge on any atom is -0.299 e. The van der Waals surface area contributed by atoms with Crippen LogP contribution in [0.4, 0.5) is 5.69 Å². The third kappa shape index (κ3) is 1.63. The number of halogens is 1. The standard InChI is InChI=1S/C18H16ClNO/c19-16-17(21)20(14-9-2-1-3-10-14)18(16)12-6-8-13-7-4-5-11-15(13)18/h1-5,7,9-11,16H,6,8,12H2. The van der Waals surface area contributed by atoms with Gasteiger partial charge in [0.25, 0.3) is 0 Å². The van der Waals surface area contributed by atoms with Crippen molar-refractivity contribution in [3.05, 3.63) is 65.7 Å². The molecule has 0 N–H and O–H groups in total. The summed E-state index contributed by atoms with van der Waals surface area (Å²) in [6.45, 7) is 0. The molecular formula is C18H16ClNO. The van der Waals surface area contributed by atoms with Crippen molar-refractivity contribution < 1.29 is 4.79 Å². The topological polar surface area (TPSA) is 20.3 Å². The number of para-hydroxylation sites is 1. The average Bonchev–Trinajstić information content (AvgIpc) is 2.55. The van der Waals surface area contributed by atoms with E-state index in [1.165, 1.54) is 11.1 Å². The molecule has 1 fully saturated rings. The highest BCUT2D eigenvalue weighted by atomic mass is 35.5. The summed E-state index contributed by atoms with van der Waals surface area (Å²) in [5.41, 5.74) is 3.12.